The maximum atomic E-state index is 14.2. The van der Waals surface area contributed by atoms with Crippen LogP contribution < -0.4 is 14.8 Å². The molecule has 0 atom stereocenters. The number of methoxy groups -OCH3 is 1. The number of nitrogens with zero attached hydrogens (tertiary/aromatic N) is 1. The monoisotopic (exact) mass is 508 g/mol. The number of rotatable bonds is 10. The molecule has 4 rings (SSSR count). The molecule has 0 unspecified atom stereocenters. The first-order valence-electron chi connectivity index (χ1n) is 11.3. The fourth-order valence-corrected chi connectivity index (χ4v) is 4.70. The molecule has 2 aromatic carbocycles. The van der Waals surface area contributed by atoms with Crippen molar-refractivity contribution in [3.63, 3.8) is 0 Å². The van der Waals surface area contributed by atoms with Gasteiger partial charge in [-0.15, -0.1) is 11.3 Å². The summed E-state index contributed by atoms with van der Waals surface area (Å²) in [6.07, 6.45) is 0.684. The van der Waals surface area contributed by atoms with Crippen LogP contribution in [0.5, 0.6) is 11.5 Å². The van der Waals surface area contributed by atoms with Gasteiger partial charge in [-0.1, -0.05) is 19.1 Å². The van der Waals surface area contributed by atoms with Crippen LogP contribution in [-0.2, 0) is 6.42 Å². The van der Waals surface area contributed by atoms with Crippen LogP contribution in [-0.4, -0.2) is 48.6 Å². The molecule has 0 saturated heterocycles. The van der Waals surface area contributed by atoms with Gasteiger partial charge in [-0.05, 0) is 48.4 Å². The second-order valence-corrected chi connectivity index (χ2v) is 8.79. The van der Waals surface area contributed by atoms with E-state index in [1.54, 1.807) is 24.3 Å². The maximum Gasteiger partial charge on any atom is 0.251 e. The van der Waals surface area contributed by atoms with Crippen molar-refractivity contribution in [3.8, 4) is 22.8 Å². The summed E-state index contributed by atoms with van der Waals surface area (Å²) >= 11 is 1.29. The number of ether oxygens (including phenoxy) is 2. The number of aliphatic hydroxyl groups is 1. The highest BCUT2D eigenvalue weighted by molar-refractivity contribution is 7.17. The van der Waals surface area contributed by atoms with E-state index in [0.717, 1.165) is 16.5 Å². The highest BCUT2D eigenvalue weighted by Gasteiger charge is 2.17. The minimum absolute atomic E-state index is 0.0956. The predicted molar refractivity (Wildman–Crippen MR) is 137 cm³/mol. The molecule has 36 heavy (non-hydrogen) atoms. The fourth-order valence-electron chi connectivity index (χ4n) is 3.73. The molecular formula is C27H25FN2O5S. The van der Waals surface area contributed by atoms with E-state index in [4.69, 9.17) is 14.6 Å². The van der Waals surface area contributed by atoms with Crippen LogP contribution in [0.15, 0.2) is 53.9 Å². The lowest BCUT2D eigenvalue weighted by molar-refractivity contribution is 0.0902. The Morgan fingerprint density at radius 1 is 1.14 bits per heavy atom. The van der Waals surface area contributed by atoms with Crippen molar-refractivity contribution in [2.24, 2.45) is 0 Å². The van der Waals surface area contributed by atoms with E-state index < -0.39 is 5.91 Å². The van der Waals surface area contributed by atoms with Crippen LogP contribution in [0.1, 0.15) is 33.3 Å². The lowest BCUT2D eigenvalue weighted by Gasteiger charge is -2.12. The van der Waals surface area contributed by atoms with Crippen molar-refractivity contribution in [3.05, 3.63) is 76.5 Å². The smallest absolute Gasteiger partial charge is 0.251 e. The molecule has 0 bridgehead atoms. The standard InChI is InChI=1S/C27H25FN2O5S/c1-3-16-11-21(19-15-36-26-18(19)5-4-6-20(26)28)30-22(12-16)23(32)14-29-27(33)17-7-8-24(35-10-9-31)25(13-17)34-2/h4-8,11-13,15,31H,3,9-10,14H2,1-2H3,(H,29,33). The molecule has 2 heterocycles. The van der Waals surface area contributed by atoms with Gasteiger partial charge in [-0.25, -0.2) is 9.37 Å². The summed E-state index contributed by atoms with van der Waals surface area (Å²) in [6, 6.07) is 13.1. The normalized spacial score (nSPS) is 10.9. The molecule has 1 amide bonds. The van der Waals surface area contributed by atoms with Crippen LogP contribution >= 0.6 is 11.3 Å². The van der Waals surface area contributed by atoms with Crippen LogP contribution in [0.2, 0.25) is 0 Å². The van der Waals surface area contributed by atoms with Gasteiger partial charge in [0.25, 0.3) is 5.91 Å². The average molecular weight is 509 g/mol. The lowest BCUT2D eigenvalue weighted by atomic mass is 10.0. The van der Waals surface area contributed by atoms with Crippen LogP contribution in [0.25, 0.3) is 21.3 Å². The Kier molecular flexibility index (Phi) is 7.92. The number of hydrogen-bond donors (Lipinski definition) is 2. The molecule has 0 spiro atoms. The largest absolute Gasteiger partial charge is 0.493 e. The Labute approximate surface area is 211 Å². The molecule has 7 nitrogen and oxygen atoms in total. The zero-order chi connectivity index (χ0) is 25.7. The highest BCUT2D eigenvalue weighted by Crippen LogP contribution is 2.35. The summed E-state index contributed by atoms with van der Waals surface area (Å²) in [6.45, 7) is 1.67. The van der Waals surface area contributed by atoms with E-state index in [0.29, 0.717) is 33.9 Å². The third kappa shape index (κ3) is 5.37. The number of carbonyl (C=O) groups excluding carboxylic acids is 2. The number of pyridine rings is 1. The lowest BCUT2D eigenvalue weighted by Crippen LogP contribution is -2.30. The average Bonchev–Trinajstić information content (AvgIpc) is 3.35. The van der Waals surface area contributed by atoms with Crippen molar-refractivity contribution < 1.29 is 28.6 Å². The topological polar surface area (TPSA) is 97.8 Å². The molecule has 0 aliphatic carbocycles. The number of ketones is 1. The zero-order valence-electron chi connectivity index (χ0n) is 19.8. The number of halogens is 1. The first-order chi connectivity index (χ1) is 17.4. The van der Waals surface area contributed by atoms with Crippen molar-refractivity contribution in [1.29, 1.82) is 0 Å². The number of fused-ring (bicyclic) bond motifs is 1. The van der Waals surface area contributed by atoms with Gasteiger partial charge in [0.2, 0.25) is 0 Å². The number of hydrogen-bond acceptors (Lipinski definition) is 7. The van der Waals surface area contributed by atoms with Gasteiger partial charge in [0.1, 0.15) is 18.1 Å². The number of benzene rings is 2. The van der Waals surface area contributed by atoms with Gasteiger partial charge in [-0.3, -0.25) is 9.59 Å². The van der Waals surface area contributed by atoms with Gasteiger partial charge in [0, 0.05) is 21.9 Å². The van der Waals surface area contributed by atoms with E-state index >= 15 is 0 Å². The minimum Gasteiger partial charge on any atom is -0.493 e. The van der Waals surface area contributed by atoms with Crippen LogP contribution in [0.4, 0.5) is 4.39 Å². The van der Waals surface area contributed by atoms with Crippen molar-refractivity contribution in [2.75, 3.05) is 26.9 Å². The second-order valence-electron chi connectivity index (χ2n) is 7.91. The summed E-state index contributed by atoms with van der Waals surface area (Å²) in [5.41, 5.74) is 2.78. The molecule has 0 fully saturated rings. The third-order valence-corrected chi connectivity index (χ3v) is 6.60. The Morgan fingerprint density at radius 3 is 2.72 bits per heavy atom. The van der Waals surface area contributed by atoms with Gasteiger partial charge < -0.3 is 19.9 Å². The molecule has 4 aromatic rings. The van der Waals surface area contributed by atoms with E-state index in [2.05, 4.69) is 10.3 Å². The molecule has 186 valence electrons. The van der Waals surface area contributed by atoms with Gasteiger partial charge in [-0.2, -0.15) is 0 Å². The van der Waals surface area contributed by atoms with Crippen molar-refractivity contribution in [1.82, 2.24) is 10.3 Å². The minimum atomic E-state index is -0.457. The first kappa shape index (κ1) is 25.3. The Morgan fingerprint density at radius 2 is 1.97 bits per heavy atom. The molecular weight excluding hydrogens is 483 g/mol. The Bertz CT molecular complexity index is 1420. The molecule has 0 aliphatic heterocycles. The molecule has 0 aliphatic rings. The number of aliphatic hydroxyl groups excluding tert-OH is 1. The quantitative estimate of drug-likeness (QED) is 0.303. The number of aromatic nitrogens is 1. The number of nitrogens with one attached hydrogen (secondary N) is 1. The fraction of sp³-hybridized carbons (Fsp3) is 0.222. The number of thiophene rings is 1. The molecule has 2 N–H and O–H groups in total. The van der Waals surface area contributed by atoms with Crippen molar-refractivity contribution in [2.45, 2.75) is 13.3 Å². The molecule has 0 radical (unpaired) electrons. The Balaban J connectivity index is 1.53. The number of aryl methyl sites for hydroxylation is 1. The summed E-state index contributed by atoms with van der Waals surface area (Å²) in [4.78, 5) is 30.2. The van der Waals surface area contributed by atoms with E-state index in [1.165, 1.54) is 30.6 Å². The summed E-state index contributed by atoms with van der Waals surface area (Å²) in [7, 11) is 1.45. The van der Waals surface area contributed by atoms with Crippen LogP contribution in [0, 0.1) is 5.82 Å². The summed E-state index contributed by atoms with van der Waals surface area (Å²) in [5, 5.41) is 14.1. The zero-order valence-corrected chi connectivity index (χ0v) is 20.7. The highest BCUT2D eigenvalue weighted by atomic mass is 32.1. The maximum absolute atomic E-state index is 14.2. The number of Topliss-reactive ketones (excluding diaryl/α,β-unsaturated/α-hetero) is 1. The molecule has 0 saturated carbocycles. The first-order valence-corrected chi connectivity index (χ1v) is 12.2. The van der Waals surface area contributed by atoms with Gasteiger partial charge >= 0.3 is 0 Å². The predicted octanol–water partition coefficient (Wildman–Crippen LogP) is 4.66. The molecule has 2 aromatic heterocycles. The third-order valence-electron chi connectivity index (χ3n) is 5.59. The van der Waals surface area contributed by atoms with Crippen molar-refractivity contribution >= 4 is 33.1 Å². The summed E-state index contributed by atoms with van der Waals surface area (Å²) < 4.78 is 25.4. The molecule has 9 heteroatoms. The SMILES string of the molecule is CCc1cc(C(=O)CNC(=O)c2ccc(OCCO)c(OC)c2)nc(-c2csc3c(F)cccc23)c1. The second kappa shape index (κ2) is 11.3. The van der Waals surface area contributed by atoms with Gasteiger partial charge in [0.15, 0.2) is 17.3 Å². The van der Waals surface area contributed by atoms with Gasteiger partial charge in [0.05, 0.1) is 30.7 Å². The number of amides is 1. The van der Waals surface area contributed by atoms with E-state index in [9.17, 15) is 14.0 Å². The van der Waals surface area contributed by atoms with E-state index in [-0.39, 0.29) is 37.1 Å². The summed E-state index contributed by atoms with van der Waals surface area (Å²) in [5.74, 6) is -0.363. The van der Waals surface area contributed by atoms with E-state index in [1.807, 2.05) is 24.4 Å². The number of carbonyl (C=O) groups is 2. The van der Waals surface area contributed by atoms with Crippen LogP contribution in [0.3, 0.4) is 0 Å². The Hall–Kier alpha value is -3.82.